The number of H-pyrrole nitrogens is 1. The van der Waals surface area contributed by atoms with Crippen LogP contribution in [0.2, 0.25) is 0 Å². The third-order valence-corrected chi connectivity index (χ3v) is 10.3. The van der Waals surface area contributed by atoms with Gasteiger partial charge in [-0.25, -0.2) is 0 Å². The Morgan fingerprint density at radius 2 is 1.94 bits per heavy atom. The summed E-state index contributed by atoms with van der Waals surface area (Å²) in [5.41, 5.74) is 0.875. The number of carboxylic acid groups (broad SMARTS) is 1. The molecule has 2 aromatic rings. The van der Waals surface area contributed by atoms with Gasteiger partial charge in [-0.15, -0.1) is 11.8 Å². The number of rotatable bonds is 4. The zero-order valence-electron chi connectivity index (χ0n) is 17.4. The molecule has 1 aromatic heterocycles. The molecule has 0 spiro atoms. The second kappa shape index (κ2) is 7.10. The number of amides is 2. The molecule has 11 heteroatoms. The van der Waals surface area contributed by atoms with E-state index in [-0.39, 0.29) is 45.5 Å². The summed E-state index contributed by atoms with van der Waals surface area (Å²) in [6.45, 7) is -0.605. The minimum Gasteiger partial charge on any atom is -0.504 e. The molecule has 1 saturated heterocycles. The average Bonchev–Trinajstić information content (AvgIpc) is 3.49. The quantitative estimate of drug-likeness (QED) is 0.553. The van der Waals surface area contributed by atoms with Crippen LogP contribution in [0.1, 0.15) is 22.8 Å². The van der Waals surface area contributed by atoms with Crippen molar-refractivity contribution in [2.24, 2.45) is 29.6 Å². The molecule has 33 heavy (non-hydrogen) atoms. The molecule has 2 saturated carbocycles. The van der Waals surface area contributed by atoms with Gasteiger partial charge in [-0.3, -0.25) is 24.1 Å². The number of benzene rings is 1. The molecule has 172 valence electrons. The number of methoxy groups -OCH3 is 1. The van der Waals surface area contributed by atoms with Crippen molar-refractivity contribution in [1.82, 2.24) is 9.88 Å². The number of aromatic hydroxyl groups is 1. The highest BCUT2D eigenvalue weighted by atomic mass is 32.2. The zero-order chi connectivity index (χ0) is 23.2. The second-order valence-electron chi connectivity index (χ2n) is 9.05. The van der Waals surface area contributed by atoms with Crippen molar-refractivity contribution in [3.63, 3.8) is 0 Å². The van der Waals surface area contributed by atoms with E-state index in [4.69, 9.17) is 4.74 Å². The van der Waals surface area contributed by atoms with Crippen LogP contribution in [-0.4, -0.2) is 56.8 Å². The fourth-order valence-corrected chi connectivity index (χ4v) is 9.52. The number of aliphatic carboxylic acids is 1. The number of ether oxygens (including phenoxy) is 1. The Hall–Kier alpha value is -2.79. The first-order chi connectivity index (χ1) is 15.8. The van der Waals surface area contributed by atoms with Crippen molar-refractivity contribution in [3.05, 3.63) is 38.3 Å². The summed E-state index contributed by atoms with van der Waals surface area (Å²) in [5.74, 6) is -3.03. The Kier molecular flexibility index (Phi) is 4.47. The van der Waals surface area contributed by atoms with Crippen molar-refractivity contribution < 1.29 is 29.3 Å². The summed E-state index contributed by atoms with van der Waals surface area (Å²) in [6, 6.07) is 5.14. The molecule has 3 heterocycles. The maximum absolute atomic E-state index is 13.2. The minimum atomic E-state index is -1.20. The Morgan fingerprint density at radius 3 is 2.64 bits per heavy atom. The van der Waals surface area contributed by atoms with Gasteiger partial charge in [0.25, 0.3) is 0 Å². The Labute approximate surface area is 195 Å². The van der Waals surface area contributed by atoms with E-state index in [1.54, 1.807) is 23.9 Å². The molecule has 9 nitrogen and oxygen atoms in total. The first kappa shape index (κ1) is 20.8. The van der Waals surface area contributed by atoms with Crippen molar-refractivity contribution in [2.45, 2.75) is 22.6 Å². The number of thiazole rings is 1. The molecular formula is C22H20N2O7S2. The standard InChI is InChI=1S/C22H20N2O7S2/c1-31-11-4-7(2-3-10(11)25)13-14-8-5-9(17(14)32-19-18(13)33-22(30)23-19)16-15(8)20(28)24(21(16)29)6-12(26)27/h2-4,8-9,13-17,25H,5-6H2,1H3,(H,23,30)(H,26,27)/t8-,9+,13+,14+,15+,16-,17-/m1/s1. The number of fused-ring (bicyclic) bond motifs is 9. The van der Waals surface area contributed by atoms with Crippen LogP contribution in [0.15, 0.2) is 28.0 Å². The normalized spacial score (nSPS) is 33.7. The number of aromatic nitrogens is 1. The molecule has 0 radical (unpaired) electrons. The number of carbonyl (C=O) groups is 3. The van der Waals surface area contributed by atoms with E-state index < -0.39 is 30.3 Å². The first-order valence-corrected chi connectivity index (χ1v) is 12.3. The van der Waals surface area contributed by atoms with Gasteiger partial charge in [0, 0.05) is 16.0 Å². The number of nitrogens with zero attached hydrogens (tertiary/aromatic N) is 1. The van der Waals surface area contributed by atoms with E-state index in [1.807, 2.05) is 6.07 Å². The number of hydrogen-bond donors (Lipinski definition) is 3. The van der Waals surface area contributed by atoms with Gasteiger partial charge in [0.15, 0.2) is 11.5 Å². The lowest BCUT2D eigenvalue weighted by molar-refractivity contribution is -0.149. The zero-order valence-corrected chi connectivity index (χ0v) is 19.0. The molecule has 2 aliphatic carbocycles. The summed E-state index contributed by atoms with van der Waals surface area (Å²) in [7, 11) is 1.47. The predicted octanol–water partition coefficient (Wildman–Crippen LogP) is 1.71. The van der Waals surface area contributed by atoms with Gasteiger partial charge < -0.3 is 19.9 Å². The first-order valence-electron chi connectivity index (χ1n) is 10.6. The molecule has 2 aliphatic heterocycles. The Morgan fingerprint density at radius 1 is 1.21 bits per heavy atom. The van der Waals surface area contributed by atoms with Crippen LogP contribution in [0, 0.1) is 29.6 Å². The molecule has 6 rings (SSSR count). The van der Waals surface area contributed by atoms with Crippen molar-refractivity contribution in [1.29, 1.82) is 0 Å². The summed E-state index contributed by atoms with van der Waals surface area (Å²) >= 11 is 2.71. The fraction of sp³-hybridized carbons (Fsp3) is 0.455. The van der Waals surface area contributed by atoms with E-state index in [1.165, 1.54) is 7.11 Å². The molecule has 3 N–H and O–H groups in total. The number of nitrogens with one attached hydrogen (secondary N) is 1. The minimum absolute atomic E-state index is 0.00372. The topological polar surface area (TPSA) is 137 Å². The molecule has 1 aromatic carbocycles. The lowest BCUT2D eigenvalue weighted by Gasteiger charge is -2.43. The largest absolute Gasteiger partial charge is 0.504 e. The molecule has 2 bridgehead atoms. The number of aromatic amines is 1. The number of carboxylic acids is 1. The van der Waals surface area contributed by atoms with Crippen molar-refractivity contribution in [2.75, 3.05) is 13.7 Å². The van der Waals surface area contributed by atoms with Gasteiger partial charge in [-0.05, 0) is 41.9 Å². The van der Waals surface area contributed by atoms with Gasteiger partial charge in [-0.2, -0.15) is 0 Å². The number of likely N-dealkylation sites (tertiary alicyclic amines) is 1. The highest BCUT2D eigenvalue weighted by molar-refractivity contribution is 8.00. The van der Waals surface area contributed by atoms with E-state index >= 15 is 0 Å². The molecule has 3 fully saturated rings. The fourth-order valence-electron chi connectivity index (χ4n) is 6.63. The van der Waals surface area contributed by atoms with Crippen LogP contribution >= 0.6 is 23.1 Å². The number of carbonyl (C=O) groups excluding carboxylic acids is 2. The summed E-state index contributed by atoms with van der Waals surface area (Å²) in [6.07, 6.45) is 0.723. The van der Waals surface area contributed by atoms with Crippen LogP contribution < -0.4 is 9.61 Å². The van der Waals surface area contributed by atoms with E-state index in [2.05, 4.69) is 4.98 Å². The van der Waals surface area contributed by atoms with Crippen molar-refractivity contribution >= 4 is 40.9 Å². The number of phenols is 1. The highest BCUT2D eigenvalue weighted by Crippen LogP contribution is 2.68. The molecule has 0 unspecified atom stereocenters. The summed E-state index contributed by atoms with van der Waals surface area (Å²) < 4.78 is 5.31. The predicted molar refractivity (Wildman–Crippen MR) is 118 cm³/mol. The molecule has 4 aliphatic rings. The third kappa shape index (κ3) is 2.78. The molecule has 7 atom stereocenters. The average molecular weight is 489 g/mol. The SMILES string of the molecule is COc1cc([C@@H]2c3sc(=O)[nH]c3S[C@@H]3[C@H]4C[C@@H]([C@@H]5C(=O)N(CC(=O)O)C(=O)[C@H]45)[C@@H]23)ccc1O. The summed E-state index contributed by atoms with van der Waals surface area (Å²) in [4.78, 5) is 54.3. The lowest BCUT2D eigenvalue weighted by atomic mass is 9.68. The molecule has 2 amide bonds. The van der Waals surface area contributed by atoms with E-state index in [0.29, 0.717) is 5.75 Å². The monoisotopic (exact) mass is 488 g/mol. The van der Waals surface area contributed by atoms with Crippen LogP contribution in [0.25, 0.3) is 0 Å². The van der Waals surface area contributed by atoms with E-state index in [0.717, 1.165) is 38.1 Å². The second-order valence-corrected chi connectivity index (χ2v) is 11.3. The Bertz CT molecular complexity index is 1270. The van der Waals surface area contributed by atoms with Crippen LogP contribution in [-0.2, 0) is 14.4 Å². The number of phenolic OH excluding ortho intramolecular Hbond substituents is 1. The van der Waals surface area contributed by atoms with Gasteiger partial charge in [0.2, 0.25) is 11.8 Å². The van der Waals surface area contributed by atoms with Gasteiger partial charge >= 0.3 is 10.8 Å². The van der Waals surface area contributed by atoms with Crippen molar-refractivity contribution in [3.8, 4) is 11.5 Å². The maximum Gasteiger partial charge on any atom is 0.323 e. The maximum atomic E-state index is 13.2. The smallest absolute Gasteiger partial charge is 0.323 e. The van der Waals surface area contributed by atoms with Gasteiger partial charge in [0.05, 0.1) is 24.0 Å². The lowest BCUT2D eigenvalue weighted by Crippen LogP contribution is -2.42. The number of thioether (sulfide) groups is 1. The van der Waals surface area contributed by atoms with Gasteiger partial charge in [0.1, 0.15) is 6.54 Å². The third-order valence-electron chi connectivity index (χ3n) is 7.67. The van der Waals surface area contributed by atoms with Crippen LogP contribution in [0.3, 0.4) is 0 Å². The number of hydrogen-bond acceptors (Lipinski definition) is 8. The van der Waals surface area contributed by atoms with E-state index in [9.17, 15) is 29.4 Å². The van der Waals surface area contributed by atoms with Gasteiger partial charge in [-0.1, -0.05) is 17.4 Å². The highest BCUT2D eigenvalue weighted by Gasteiger charge is 2.69. The number of imide groups is 1. The molecular weight excluding hydrogens is 468 g/mol. The van der Waals surface area contributed by atoms with Crippen LogP contribution in [0.5, 0.6) is 11.5 Å². The summed E-state index contributed by atoms with van der Waals surface area (Å²) in [5, 5.41) is 20.1. The Balaban J connectivity index is 1.46. The van der Waals surface area contributed by atoms with Crippen LogP contribution in [0.4, 0.5) is 0 Å².